The summed E-state index contributed by atoms with van der Waals surface area (Å²) in [5.41, 5.74) is 0.290. The van der Waals surface area contributed by atoms with Crippen molar-refractivity contribution in [3.05, 3.63) is 40.2 Å². The zero-order valence-corrected chi connectivity index (χ0v) is 19.3. The molecular weight excluding hydrogens is 414 g/mol. The minimum Gasteiger partial charge on any atom is -0.349 e. The molecule has 1 saturated carbocycles. The van der Waals surface area contributed by atoms with Gasteiger partial charge < -0.3 is 10.3 Å². The fourth-order valence-electron chi connectivity index (χ4n) is 4.20. The number of nitrogens with zero attached hydrogens (tertiary/aromatic N) is 1. The van der Waals surface area contributed by atoms with Crippen LogP contribution in [0.3, 0.4) is 0 Å². The van der Waals surface area contributed by atoms with Crippen LogP contribution in [0, 0.1) is 0 Å². The molecule has 1 aromatic heterocycles. The molecular formula is C23H33N3O4S. The first-order chi connectivity index (χ1) is 14.9. The van der Waals surface area contributed by atoms with Crippen molar-refractivity contribution in [1.29, 1.82) is 0 Å². The maximum absolute atomic E-state index is 13.2. The van der Waals surface area contributed by atoms with E-state index in [9.17, 15) is 18.0 Å². The van der Waals surface area contributed by atoms with Crippen molar-refractivity contribution in [2.24, 2.45) is 0 Å². The van der Waals surface area contributed by atoms with Gasteiger partial charge in [0.25, 0.3) is 5.91 Å². The highest BCUT2D eigenvalue weighted by atomic mass is 32.2. The standard InChI is InChI=1S/C23H33N3O4S/c1-3-5-14-26(4-2)31(29,30)18-12-13-21-19(15-18)20(16-22(27)25-21)23(28)24-17-10-8-6-7-9-11-17/h12-13,15-17H,3-11,14H2,1-2H3,(H,24,28)(H,25,27). The second kappa shape index (κ2) is 10.4. The summed E-state index contributed by atoms with van der Waals surface area (Å²) in [6, 6.07) is 5.92. The first-order valence-electron chi connectivity index (χ1n) is 11.3. The Bertz CT molecular complexity index is 1070. The van der Waals surface area contributed by atoms with Gasteiger partial charge in [-0.1, -0.05) is 46.0 Å². The number of unbranched alkanes of at least 4 members (excludes halogenated alkanes) is 1. The van der Waals surface area contributed by atoms with E-state index in [1.807, 2.05) is 13.8 Å². The van der Waals surface area contributed by atoms with Gasteiger partial charge in [0.2, 0.25) is 15.6 Å². The van der Waals surface area contributed by atoms with E-state index in [2.05, 4.69) is 10.3 Å². The van der Waals surface area contributed by atoms with E-state index in [1.165, 1.54) is 35.3 Å². The molecule has 0 aliphatic heterocycles. The number of benzene rings is 1. The second-order valence-corrected chi connectivity index (χ2v) is 10.2. The number of carbonyl (C=O) groups excluding carboxylic acids is 1. The van der Waals surface area contributed by atoms with Gasteiger partial charge in [-0.05, 0) is 37.5 Å². The van der Waals surface area contributed by atoms with Crippen LogP contribution >= 0.6 is 0 Å². The van der Waals surface area contributed by atoms with Crippen LogP contribution in [0.1, 0.15) is 75.6 Å². The van der Waals surface area contributed by atoms with E-state index in [-0.39, 0.29) is 28.0 Å². The number of nitrogens with one attached hydrogen (secondary N) is 2. The Morgan fingerprint density at radius 2 is 1.84 bits per heavy atom. The summed E-state index contributed by atoms with van der Waals surface area (Å²) >= 11 is 0. The van der Waals surface area contributed by atoms with E-state index in [0.29, 0.717) is 24.0 Å². The summed E-state index contributed by atoms with van der Waals surface area (Å²) in [4.78, 5) is 28.1. The number of hydrogen-bond acceptors (Lipinski definition) is 4. The van der Waals surface area contributed by atoms with Crippen molar-refractivity contribution < 1.29 is 13.2 Å². The molecule has 1 fully saturated rings. The Hall–Kier alpha value is -2.19. The van der Waals surface area contributed by atoms with E-state index in [1.54, 1.807) is 6.07 Å². The van der Waals surface area contributed by atoms with Crippen molar-refractivity contribution in [1.82, 2.24) is 14.6 Å². The van der Waals surface area contributed by atoms with Gasteiger partial charge >= 0.3 is 0 Å². The van der Waals surface area contributed by atoms with Crippen LogP contribution in [-0.4, -0.2) is 42.7 Å². The highest BCUT2D eigenvalue weighted by molar-refractivity contribution is 7.89. The van der Waals surface area contributed by atoms with Gasteiger partial charge in [0.05, 0.1) is 10.5 Å². The number of aromatic nitrogens is 1. The number of H-pyrrole nitrogens is 1. The van der Waals surface area contributed by atoms with Crippen molar-refractivity contribution in [2.75, 3.05) is 13.1 Å². The lowest BCUT2D eigenvalue weighted by Gasteiger charge is -2.21. The molecule has 1 aliphatic carbocycles. The molecule has 2 N–H and O–H groups in total. The van der Waals surface area contributed by atoms with Crippen molar-refractivity contribution in [3.8, 4) is 0 Å². The second-order valence-electron chi connectivity index (χ2n) is 8.27. The molecule has 7 nitrogen and oxygen atoms in total. The number of hydrogen-bond donors (Lipinski definition) is 2. The van der Waals surface area contributed by atoms with Crippen LogP contribution in [0.25, 0.3) is 10.9 Å². The number of carbonyl (C=O) groups is 1. The molecule has 1 amide bonds. The summed E-state index contributed by atoms with van der Waals surface area (Å²) in [7, 11) is -3.69. The van der Waals surface area contributed by atoms with Crippen LogP contribution in [0.15, 0.2) is 34.0 Å². The maximum Gasteiger partial charge on any atom is 0.252 e. The number of fused-ring (bicyclic) bond motifs is 1. The van der Waals surface area contributed by atoms with Gasteiger partial charge in [0, 0.05) is 36.1 Å². The van der Waals surface area contributed by atoms with Gasteiger partial charge in [0.15, 0.2) is 0 Å². The van der Waals surface area contributed by atoms with E-state index < -0.39 is 10.0 Å². The third-order valence-corrected chi connectivity index (χ3v) is 7.97. The summed E-state index contributed by atoms with van der Waals surface area (Å²) in [6.45, 7) is 4.67. The summed E-state index contributed by atoms with van der Waals surface area (Å²) < 4.78 is 27.8. The van der Waals surface area contributed by atoms with Crippen LogP contribution < -0.4 is 10.9 Å². The van der Waals surface area contributed by atoms with E-state index in [0.717, 1.165) is 38.5 Å². The minimum absolute atomic E-state index is 0.0841. The summed E-state index contributed by atoms with van der Waals surface area (Å²) in [5, 5.41) is 3.51. The average molecular weight is 448 g/mol. The Kier molecular flexibility index (Phi) is 7.89. The molecule has 0 atom stereocenters. The molecule has 0 unspecified atom stereocenters. The Balaban J connectivity index is 1.98. The van der Waals surface area contributed by atoms with Crippen LogP contribution in [0.2, 0.25) is 0 Å². The Morgan fingerprint density at radius 3 is 2.48 bits per heavy atom. The van der Waals surface area contributed by atoms with Crippen molar-refractivity contribution in [2.45, 2.75) is 76.2 Å². The fraction of sp³-hybridized carbons (Fsp3) is 0.565. The van der Waals surface area contributed by atoms with Gasteiger partial charge in [-0.25, -0.2) is 8.42 Å². The first-order valence-corrected chi connectivity index (χ1v) is 12.8. The van der Waals surface area contributed by atoms with E-state index in [4.69, 9.17) is 0 Å². The zero-order valence-electron chi connectivity index (χ0n) is 18.4. The Labute approximate surface area is 184 Å². The topological polar surface area (TPSA) is 99.3 Å². The lowest BCUT2D eigenvalue weighted by molar-refractivity contribution is 0.0935. The van der Waals surface area contributed by atoms with Crippen LogP contribution in [-0.2, 0) is 10.0 Å². The molecule has 0 spiro atoms. The molecule has 0 saturated heterocycles. The largest absolute Gasteiger partial charge is 0.349 e. The van der Waals surface area contributed by atoms with Gasteiger partial charge in [-0.3, -0.25) is 9.59 Å². The normalized spacial score (nSPS) is 15.8. The molecule has 31 heavy (non-hydrogen) atoms. The molecule has 3 rings (SSSR count). The molecule has 1 aliphatic rings. The first kappa shape index (κ1) is 23.5. The third kappa shape index (κ3) is 5.54. The molecule has 0 bridgehead atoms. The predicted octanol–water partition coefficient (Wildman–Crippen LogP) is 3.79. The third-order valence-electron chi connectivity index (χ3n) is 6.00. The van der Waals surface area contributed by atoms with Crippen molar-refractivity contribution in [3.63, 3.8) is 0 Å². The Morgan fingerprint density at radius 1 is 1.13 bits per heavy atom. The molecule has 1 aromatic carbocycles. The van der Waals surface area contributed by atoms with Gasteiger partial charge in [0.1, 0.15) is 0 Å². The van der Waals surface area contributed by atoms with Gasteiger partial charge in [-0.2, -0.15) is 4.31 Å². The quantitative estimate of drug-likeness (QED) is 0.601. The summed E-state index contributed by atoms with van der Waals surface area (Å²) in [6.07, 6.45) is 8.04. The van der Waals surface area contributed by atoms with Crippen molar-refractivity contribution >= 4 is 26.8 Å². The maximum atomic E-state index is 13.2. The molecule has 0 radical (unpaired) electrons. The zero-order chi connectivity index (χ0) is 22.4. The number of rotatable bonds is 8. The molecule has 8 heteroatoms. The SMILES string of the molecule is CCCCN(CC)S(=O)(=O)c1ccc2[nH]c(=O)cc(C(=O)NC3CCCCCC3)c2c1. The predicted molar refractivity (Wildman–Crippen MR) is 123 cm³/mol. The fourth-order valence-corrected chi connectivity index (χ4v) is 5.71. The monoisotopic (exact) mass is 447 g/mol. The highest BCUT2D eigenvalue weighted by Gasteiger charge is 2.24. The highest BCUT2D eigenvalue weighted by Crippen LogP contribution is 2.24. The minimum atomic E-state index is -3.69. The molecule has 1 heterocycles. The smallest absolute Gasteiger partial charge is 0.252 e. The average Bonchev–Trinajstić information content (AvgIpc) is 3.01. The lowest BCUT2D eigenvalue weighted by Crippen LogP contribution is -2.35. The number of sulfonamides is 1. The lowest BCUT2D eigenvalue weighted by atomic mass is 10.1. The number of aromatic amines is 1. The van der Waals surface area contributed by atoms with Crippen LogP contribution in [0.5, 0.6) is 0 Å². The molecule has 2 aromatic rings. The van der Waals surface area contributed by atoms with E-state index >= 15 is 0 Å². The summed E-state index contributed by atoms with van der Waals surface area (Å²) in [5.74, 6) is -0.323. The van der Waals surface area contributed by atoms with Crippen LogP contribution in [0.4, 0.5) is 0 Å². The van der Waals surface area contributed by atoms with Gasteiger partial charge in [-0.15, -0.1) is 0 Å². The number of pyridine rings is 1. The number of amides is 1. The molecule has 170 valence electrons.